The van der Waals surface area contributed by atoms with E-state index in [0.29, 0.717) is 22.3 Å². The van der Waals surface area contributed by atoms with Gasteiger partial charge < -0.3 is 9.47 Å². The highest BCUT2D eigenvalue weighted by Crippen LogP contribution is 2.33. The van der Waals surface area contributed by atoms with Gasteiger partial charge in [0.2, 0.25) is 0 Å². The monoisotopic (exact) mass is 430 g/mol. The minimum atomic E-state index is -0.255. The van der Waals surface area contributed by atoms with Crippen LogP contribution in [0.25, 0.3) is 10.6 Å². The molecule has 1 amide bonds. The molecule has 4 rings (SSSR count). The summed E-state index contributed by atoms with van der Waals surface area (Å²) in [5, 5.41) is 7.96. The largest absolute Gasteiger partial charge is 0.493 e. The normalized spacial score (nSPS) is 14.1. The lowest BCUT2D eigenvalue weighted by molar-refractivity contribution is 0.102. The smallest absolute Gasteiger partial charge is 0.276 e. The van der Waals surface area contributed by atoms with E-state index in [4.69, 9.17) is 9.47 Å². The Balaban J connectivity index is 1.43. The second-order valence-corrected chi connectivity index (χ2v) is 8.41. The van der Waals surface area contributed by atoms with E-state index in [2.05, 4.69) is 20.2 Å². The third-order valence-electron chi connectivity index (χ3n) is 4.72. The van der Waals surface area contributed by atoms with Gasteiger partial charge in [-0.1, -0.05) is 0 Å². The van der Waals surface area contributed by atoms with Crippen molar-refractivity contribution in [2.24, 2.45) is 0 Å². The van der Waals surface area contributed by atoms with E-state index < -0.39 is 0 Å². The number of hydrogen-bond donors (Lipinski definition) is 1. The number of amides is 1. The first-order chi connectivity index (χ1) is 14.2. The first-order valence-corrected chi connectivity index (χ1v) is 11.1. The molecule has 0 spiro atoms. The molecule has 0 aliphatic carbocycles. The molecule has 1 aliphatic rings. The number of thiazole rings is 2. The van der Waals surface area contributed by atoms with Gasteiger partial charge in [0.1, 0.15) is 10.7 Å². The SMILES string of the molecule is COc1ccc(-c2nc(C(=O)Nc3nc(CN4CCCC4)cs3)cs2)cc1OC. The fraction of sp³-hybridized carbons (Fsp3) is 0.350. The van der Waals surface area contributed by atoms with Gasteiger partial charge in [-0.3, -0.25) is 15.0 Å². The molecule has 152 valence electrons. The molecular weight excluding hydrogens is 408 g/mol. The predicted molar refractivity (Wildman–Crippen MR) is 115 cm³/mol. The van der Waals surface area contributed by atoms with Crippen molar-refractivity contribution in [2.75, 3.05) is 32.6 Å². The number of hydrogen-bond acceptors (Lipinski definition) is 8. The summed E-state index contributed by atoms with van der Waals surface area (Å²) >= 11 is 2.85. The number of rotatable bonds is 7. The van der Waals surface area contributed by atoms with Gasteiger partial charge in [0.25, 0.3) is 5.91 Å². The highest BCUT2D eigenvalue weighted by Gasteiger charge is 2.17. The van der Waals surface area contributed by atoms with Crippen molar-refractivity contribution in [1.29, 1.82) is 0 Å². The summed E-state index contributed by atoms with van der Waals surface area (Å²) in [6.07, 6.45) is 2.50. The Bertz CT molecular complexity index is 995. The Kier molecular flexibility index (Phi) is 6.08. The summed E-state index contributed by atoms with van der Waals surface area (Å²) in [5.41, 5.74) is 2.24. The zero-order valence-electron chi connectivity index (χ0n) is 16.3. The topological polar surface area (TPSA) is 76.6 Å². The second kappa shape index (κ2) is 8.89. The van der Waals surface area contributed by atoms with Gasteiger partial charge in [-0.05, 0) is 44.1 Å². The Morgan fingerprint density at radius 1 is 1.10 bits per heavy atom. The van der Waals surface area contributed by atoms with Crippen molar-refractivity contribution in [3.63, 3.8) is 0 Å². The van der Waals surface area contributed by atoms with Crippen molar-refractivity contribution < 1.29 is 14.3 Å². The summed E-state index contributed by atoms with van der Waals surface area (Å²) in [6, 6.07) is 5.57. The number of benzene rings is 1. The zero-order chi connectivity index (χ0) is 20.2. The number of aromatic nitrogens is 2. The average Bonchev–Trinajstić information content (AvgIpc) is 3.50. The highest BCUT2D eigenvalue weighted by molar-refractivity contribution is 7.14. The molecule has 9 heteroatoms. The molecule has 1 saturated heterocycles. The fourth-order valence-corrected chi connectivity index (χ4v) is 4.74. The molecule has 2 aromatic heterocycles. The van der Waals surface area contributed by atoms with Crippen LogP contribution in [-0.2, 0) is 6.54 Å². The Labute approximate surface area is 177 Å². The van der Waals surface area contributed by atoms with E-state index >= 15 is 0 Å². The molecule has 0 atom stereocenters. The number of likely N-dealkylation sites (tertiary alicyclic amines) is 1. The van der Waals surface area contributed by atoms with Crippen molar-refractivity contribution in [3.05, 3.63) is 40.3 Å². The van der Waals surface area contributed by atoms with Crippen molar-refractivity contribution in [1.82, 2.24) is 14.9 Å². The molecule has 0 bridgehead atoms. The first-order valence-electron chi connectivity index (χ1n) is 9.32. The number of carbonyl (C=O) groups is 1. The minimum absolute atomic E-state index is 0.255. The van der Waals surface area contributed by atoms with Crippen LogP contribution in [0.3, 0.4) is 0 Å². The zero-order valence-corrected chi connectivity index (χ0v) is 17.9. The maximum atomic E-state index is 12.6. The third-order valence-corrected chi connectivity index (χ3v) is 6.42. The maximum Gasteiger partial charge on any atom is 0.276 e. The van der Waals surface area contributed by atoms with E-state index in [1.165, 1.54) is 35.5 Å². The van der Waals surface area contributed by atoms with Crippen LogP contribution in [0.4, 0.5) is 5.13 Å². The molecule has 29 heavy (non-hydrogen) atoms. The summed E-state index contributed by atoms with van der Waals surface area (Å²) in [6.45, 7) is 3.08. The molecule has 1 N–H and O–H groups in total. The quantitative estimate of drug-likeness (QED) is 0.607. The lowest BCUT2D eigenvalue weighted by Gasteiger charge is -2.11. The minimum Gasteiger partial charge on any atom is -0.493 e. The third kappa shape index (κ3) is 4.58. The van der Waals surface area contributed by atoms with Crippen LogP contribution in [0.1, 0.15) is 29.0 Å². The molecule has 7 nitrogen and oxygen atoms in total. The fourth-order valence-electron chi connectivity index (χ4n) is 3.25. The summed E-state index contributed by atoms with van der Waals surface area (Å²) in [4.78, 5) is 24.0. The van der Waals surface area contributed by atoms with Gasteiger partial charge in [-0.25, -0.2) is 9.97 Å². The van der Waals surface area contributed by atoms with Crippen LogP contribution in [0.5, 0.6) is 11.5 Å². The number of ether oxygens (including phenoxy) is 2. The van der Waals surface area contributed by atoms with Crippen LogP contribution < -0.4 is 14.8 Å². The Morgan fingerprint density at radius 2 is 1.90 bits per heavy atom. The van der Waals surface area contributed by atoms with Crippen molar-refractivity contribution >= 4 is 33.7 Å². The molecule has 0 radical (unpaired) electrons. The first kappa shape index (κ1) is 19.8. The van der Waals surface area contributed by atoms with E-state index in [9.17, 15) is 4.79 Å². The number of anilines is 1. The van der Waals surface area contributed by atoms with Gasteiger partial charge in [-0.2, -0.15) is 0 Å². The van der Waals surface area contributed by atoms with E-state index in [-0.39, 0.29) is 5.91 Å². The van der Waals surface area contributed by atoms with Gasteiger partial charge in [0.05, 0.1) is 19.9 Å². The van der Waals surface area contributed by atoms with Crippen LogP contribution in [0, 0.1) is 0 Å². The number of nitrogens with one attached hydrogen (secondary N) is 1. The van der Waals surface area contributed by atoms with E-state index in [1.807, 2.05) is 23.6 Å². The maximum absolute atomic E-state index is 12.6. The van der Waals surface area contributed by atoms with Crippen molar-refractivity contribution in [3.8, 4) is 22.1 Å². The Morgan fingerprint density at radius 3 is 2.66 bits per heavy atom. The standard InChI is InChI=1S/C20H22N4O3S2/c1-26-16-6-5-13(9-17(16)27-2)19-22-15(12-28-19)18(25)23-20-21-14(11-29-20)10-24-7-3-4-8-24/h5-6,9,11-12H,3-4,7-8,10H2,1-2H3,(H,21,23,25). The molecule has 3 aromatic rings. The summed E-state index contributed by atoms with van der Waals surface area (Å²) in [5.74, 6) is 1.02. The van der Waals surface area contributed by atoms with E-state index in [1.54, 1.807) is 19.6 Å². The molecule has 0 saturated carbocycles. The molecule has 1 aromatic carbocycles. The highest BCUT2D eigenvalue weighted by atomic mass is 32.1. The number of nitrogens with zero attached hydrogens (tertiary/aromatic N) is 3. The Hall–Kier alpha value is -2.49. The lowest BCUT2D eigenvalue weighted by Crippen LogP contribution is -2.18. The predicted octanol–water partition coefficient (Wildman–Crippen LogP) is 4.13. The van der Waals surface area contributed by atoms with Gasteiger partial charge >= 0.3 is 0 Å². The van der Waals surface area contributed by atoms with E-state index in [0.717, 1.165) is 35.9 Å². The molecular formula is C20H22N4O3S2. The van der Waals surface area contributed by atoms with Gasteiger partial charge in [-0.15, -0.1) is 22.7 Å². The summed E-state index contributed by atoms with van der Waals surface area (Å²) < 4.78 is 10.6. The second-order valence-electron chi connectivity index (χ2n) is 6.69. The van der Waals surface area contributed by atoms with Gasteiger partial charge in [0, 0.05) is 22.9 Å². The average molecular weight is 431 g/mol. The lowest BCUT2D eigenvalue weighted by atomic mass is 10.2. The molecule has 3 heterocycles. The van der Waals surface area contributed by atoms with Crippen LogP contribution >= 0.6 is 22.7 Å². The van der Waals surface area contributed by atoms with Crippen LogP contribution in [0.15, 0.2) is 29.0 Å². The molecule has 1 fully saturated rings. The van der Waals surface area contributed by atoms with Gasteiger partial charge in [0.15, 0.2) is 16.6 Å². The van der Waals surface area contributed by atoms with Crippen LogP contribution in [0.2, 0.25) is 0 Å². The number of methoxy groups -OCH3 is 2. The van der Waals surface area contributed by atoms with Crippen molar-refractivity contribution in [2.45, 2.75) is 19.4 Å². The molecule has 0 unspecified atom stereocenters. The molecule has 1 aliphatic heterocycles. The summed E-state index contributed by atoms with van der Waals surface area (Å²) in [7, 11) is 3.19. The number of carbonyl (C=O) groups excluding carboxylic acids is 1. The van der Waals surface area contributed by atoms with Crippen LogP contribution in [-0.4, -0.2) is 48.1 Å².